The molecule has 0 bridgehead atoms. The summed E-state index contributed by atoms with van der Waals surface area (Å²) in [5, 5.41) is 10.1. The molecule has 4 N–H and O–H groups in total. The average Bonchev–Trinajstić information content (AvgIpc) is 2.60. The first-order valence-electron chi connectivity index (χ1n) is 8.72. The van der Waals surface area contributed by atoms with Gasteiger partial charge in [-0.15, -0.1) is 0 Å². The van der Waals surface area contributed by atoms with E-state index in [-0.39, 0.29) is 18.9 Å². The molecule has 1 aromatic rings. The Balaban J connectivity index is 2.03. The second-order valence-corrected chi connectivity index (χ2v) is 6.14. The predicted octanol–water partition coefficient (Wildman–Crippen LogP) is 1.20. The summed E-state index contributed by atoms with van der Waals surface area (Å²) >= 11 is 0. The largest absolute Gasteiger partial charge is 0.350 e. The van der Waals surface area contributed by atoms with Crippen molar-refractivity contribution in [1.29, 1.82) is 0 Å². The number of carbonyl (C=O) groups excluding carboxylic acids is 4. The van der Waals surface area contributed by atoms with Crippen LogP contribution in [0.3, 0.4) is 0 Å². The van der Waals surface area contributed by atoms with Crippen LogP contribution in [-0.2, 0) is 27.3 Å². The Morgan fingerprint density at radius 2 is 2.00 bits per heavy atom. The van der Waals surface area contributed by atoms with E-state index in [4.69, 9.17) is 0 Å². The van der Waals surface area contributed by atoms with Crippen LogP contribution in [0.5, 0.6) is 0 Å². The quantitative estimate of drug-likeness (QED) is 0.584. The molecule has 0 saturated carbocycles. The lowest BCUT2D eigenvalue weighted by Gasteiger charge is -2.22. The zero-order valence-corrected chi connectivity index (χ0v) is 15.0. The summed E-state index contributed by atoms with van der Waals surface area (Å²) in [6.45, 7) is 4.08. The molecule has 1 unspecified atom stereocenters. The number of amides is 5. The highest BCUT2D eigenvalue weighted by atomic mass is 16.2. The average molecular weight is 360 g/mol. The van der Waals surface area contributed by atoms with Crippen molar-refractivity contribution in [2.24, 2.45) is 0 Å². The van der Waals surface area contributed by atoms with Crippen LogP contribution in [0.15, 0.2) is 18.2 Å². The van der Waals surface area contributed by atoms with E-state index in [1.54, 1.807) is 6.92 Å². The van der Waals surface area contributed by atoms with E-state index < -0.39 is 23.9 Å². The van der Waals surface area contributed by atoms with Crippen LogP contribution in [0, 0.1) is 0 Å². The standard InChI is InChI=1S/C18H24N4O4/c1-3-5-12-7-6-11(8-13(12)20-15(23)4-2)10-19-17(25)14-9-16(24)22-18(26)21-14/h6-8,14H,3-5,9-10H2,1-2H3,(H,19,25)(H,20,23)(H2,21,22,24,26). The van der Waals surface area contributed by atoms with Crippen molar-refractivity contribution in [3.63, 3.8) is 0 Å². The minimum atomic E-state index is -0.880. The van der Waals surface area contributed by atoms with E-state index in [0.29, 0.717) is 6.42 Å². The highest BCUT2D eigenvalue weighted by Gasteiger charge is 2.29. The van der Waals surface area contributed by atoms with Crippen molar-refractivity contribution < 1.29 is 19.2 Å². The highest BCUT2D eigenvalue weighted by molar-refractivity contribution is 6.02. The molecular formula is C18H24N4O4. The molecule has 1 aliphatic rings. The maximum atomic E-state index is 12.2. The van der Waals surface area contributed by atoms with Crippen LogP contribution in [0.25, 0.3) is 0 Å². The number of rotatable bonds is 7. The van der Waals surface area contributed by atoms with Gasteiger partial charge in [-0.3, -0.25) is 19.7 Å². The summed E-state index contributed by atoms with van der Waals surface area (Å²) in [4.78, 5) is 46.5. The van der Waals surface area contributed by atoms with Crippen molar-refractivity contribution in [3.05, 3.63) is 29.3 Å². The van der Waals surface area contributed by atoms with Gasteiger partial charge in [-0.25, -0.2) is 4.79 Å². The molecule has 0 radical (unpaired) electrons. The van der Waals surface area contributed by atoms with Crippen molar-refractivity contribution >= 4 is 29.4 Å². The molecular weight excluding hydrogens is 336 g/mol. The molecule has 1 fully saturated rings. The first-order valence-corrected chi connectivity index (χ1v) is 8.72. The molecule has 1 aliphatic heterocycles. The number of hydrogen-bond donors (Lipinski definition) is 4. The zero-order valence-electron chi connectivity index (χ0n) is 15.0. The summed E-state index contributed by atoms with van der Waals surface area (Å²) in [6.07, 6.45) is 2.09. The third kappa shape index (κ3) is 5.30. The number of benzene rings is 1. The van der Waals surface area contributed by atoms with Crippen LogP contribution in [0.4, 0.5) is 10.5 Å². The fourth-order valence-corrected chi connectivity index (χ4v) is 2.65. The zero-order chi connectivity index (χ0) is 19.1. The molecule has 1 saturated heterocycles. The van der Waals surface area contributed by atoms with Gasteiger partial charge < -0.3 is 16.0 Å². The molecule has 1 heterocycles. The van der Waals surface area contributed by atoms with E-state index in [9.17, 15) is 19.2 Å². The maximum absolute atomic E-state index is 12.2. The Hall–Kier alpha value is -2.90. The molecule has 5 amide bonds. The Morgan fingerprint density at radius 1 is 1.23 bits per heavy atom. The Labute approximate surface area is 152 Å². The third-order valence-corrected chi connectivity index (χ3v) is 4.02. The normalized spacial score (nSPS) is 16.5. The Morgan fingerprint density at radius 3 is 2.65 bits per heavy atom. The molecule has 1 aromatic carbocycles. The number of imide groups is 1. The van der Waals surface area contributed by atoms with Crippen molar-refractivity contribution in [3.8, 4) is 0 Å². The monoisotopic (exact) mass is 360 g/mol. The lowest BCUT2D eigenvalue weighted by molar-refractivity contribution is -0.128. The van der Waals surface area contributed by atoms with E-state index in [1.165, 1.54) is 0 Å². The minimum Gasteiger partial charge on any atom is -0.350 e. The molecule has 2 rings (SSSR count). The van der Waals surface area contributed by atoms with E-state index in [1.807, 2.05) is 18.2 Å². The van der Waals surface area contributed by atoms with Gasteiger partial charge in [-0.05, 0) is 23.6 Å². The second-order valence-electron chi connectivity index (χ2n) is 6.14. The number of nitrogens with one attached hydrogen (secondary N) is 4. The minimum absolute atomic E-state index is 0.0699. The number of anilines is 1. The van der Waals surface area contributed by atoms with Crippen molar-refractivity contribution in [1.82, 2.24) is 16.0 Å². The van der Waals surface area contributed by atoms with Gasteiger partial charge >= 0.3 is 6.03 Å². The summed E-state index contributed by atoms with van der Waals surface area (Å²) in [5.41, 5.74) is 2.60. The van der Waals surface area contributed by atoms with Crippen LogP contribution in [0.1, 0.15) is 44.2 Å². The van der Waals surface area contributed by atoms with Gasteiger partial charge in [-0.2, -0.15) is 0 Å². The van der Waals surface area contributed by atoms with Gasteiger partial charge in [-0.1, -0.05) is 32.4 Å². The molecule has 8 nitrogen and oxygen atoms in total. The topological polar surface area (TPSA) is 116 Å². The van der Waals surface area contributed by atoms with Crippen molar-refractivity contribution in [2.45, 2.75) is 52.1 Å². The number of urea groups is 1. The molecule has 0 aliphatic carbocycles. The number of carbonyl (C=O) groups is 4. The smallest absolute Gasteiger partial charge is 0.322 e. The van der Waals surface area contributed by atoms with Gasteiger partial charge in [0.2, 0.25) is 17.7 Å². The lowest BCUT2D eigenvalue weighted by atomic mass is 10.0. The Bertz CT molecular complexity index is 701. The summed E-state index contributed by atoms with van der Waals surface area (Å²) in [7, 11) is 0. The molecule has 0 spiro atoms. The van der Waals surface area contributed by atoms with E-state index >= 15 is 0 Å². The van der Waals surface area contributed by atoms with Gasteiger partial charge in [0.15, 0.2) is 0 Å². The second kappa shape index (κ2) is 8.98. The van der Waals surface area contributed by atoms with Crippen LogP contribution in [-0.4, -0.2) is 29.8 Å². The first kappa shape index (κ1) is 19.4. The van der Waals surface area contributed by atoms with Gasteiger partial charge in [0, 0.05) is 18.7 Å². The maximum Gasteiger partial charge on any atom is 0.322 e. The fourth-order valence-electron chi connectivity index (χ4n) is 2.65. The van der Waals surface area contributed by atoms with Crippen LogP contribution in [0.2, 0.25) is 0 Å². The summed E-state index contributed by atoms with van der Waals surface area (Å²) in [6, 6.07) is 4.11. The third-order valence-electron chi connectivity index (χ3n) is 4.02. The molecule has 26 heavy (non-hydrogen) atoms. The Kier molecular flexibility index (Phi) is 6.71. The highest BCUT2D eigenvalue weighted by Crippen LogP contribution is 2.20. The molecule has 0 aromatic heterocycles. The fraction of sp³-hybridized carbons (Fsp3) is 0.444. The van der Waals surface area contributed by atoms with Crippen molar-refractivity contribution in [2.75, 3.05) is 5.32 Å². The summed E-state index contributed by atoms with van der Waals surface area (Å²) in [5.74, 6) is -0.980. The number of hydrogen-bond acceptors (Lipinski definition) is 4. The van der Waals surface area contributed by atoms with E-state index in [0.717, 1.165) is 29.7 Å². The SMILES string of the molecule is CCCc1ccc(CNC(=O)C2CC(=O)NC(=O)N2)cc1NC(=O)CC. The predicted molar refractivity (Wildman–Crippen MR) is 96.3 cm³/mol. The van der Waals surface area contributed by atoms with E-state index in [2.05, 4.69) is 28.2 Å². The molecule has 8 heteroatoms. The van der Waals surface area contributed by atoms with Gasteiger partial charge in [0.05, 0.1) is 6.42 Å². The number of aryl methyl sites for hydroxylation is 1. The van der Waals surface area contributed by atoms with Gasteiger partial charge in [0.25, 0.3) is 0 Å². The summed E-state index contributed by atoms with van der Waals surface area (Å²) < 4.78 is 0. The van der Waals surface area contributed by atoms with Crippen LogP contribution < -0.4 is 21.3 Å². The molecule has 1 atom stereocenters. The van der Waals surface area contributed by atoms with Gasteiger partial charge in [0.1, 0.15) is 6.04 Å². The van der Waals surface area contributed by atoms with Crippen LogP contribution >= 0.6 is 0 Å². The lowest BCUT2D eigenvalue weighted by Crippen LogP contribution is -2.57. The molecule has 140 valence electrons. The first-order chi connectivity index (χ1) is 12.4.